The third kappa shape index (κ3) is 3.17. The van der Waals surface area contributed by atoms with Crippen molar-refractivity contribution in [3.63, 3.8) is 0 Å². The second kappa shape index (κ2) is 6.25. The summed E-state index contributed by atoms with van der Waals surface area (Å²) in [5.74, 6) is -0.917. The molecule has 21 heavy (non-hydrogen) atoms. The SMILES string of the molecule is C[C@@H]1[C@H](C(=O)O)CCCN1Cc1cnc(-c2cccs2)s1. The standard InChI is InChI=1S/C15H18N2O2S2/c1-10-12(15(18)19)4-2-6-17(10)9-11-8-16-14(21-11)13-5-3-7-20-13/h3,5,7-8,10,12H,2,4,6,9H2,1H3,(H,18,19)/t10-,12-/m1/s1. The molecule has 4 nitrogen and oxygen atoms in total. The highest BCUT2D eigenvalue weighted by Gasteiger charge is 2.32. The molecule has 2 aromatic heterocycles. The number of thiazole rings is 1. The van der Waals surface area contributed by atoms with Crippen molar-refractivity contribution in [2.24, 2.45) is 5.92 Å². The second-order valence-electron chi connectivity index (χ2n) is 5.41. The Morgan fingerprint density at radius 1 is 1.57 bits per heavy atom. The van der Waals surface area contributed by atoms with Crippen molar-refractivity contribution in [1.29, 1.82) is 0 Å². The van der Waals surface area contributed by atoms with Crippen LogP contribution in [0, 0.1) is 5.92 Å². The van der Waals surface area contributed by atoms with E-state index in [1.165, 1.54) is 9.75 Å². The molecule has 0 unspecified atom stereocenters. The quantitative estimate of drug-likeness (QED) is 0.935. The highest BCUT2D eigenvalue weighted by Crippen LogP contribution is 2.31. The van der Waals surface area contributed by atoms with Crippen molar-refractivity contribution >= 4 is 28.6 Å². The minimum Gasteiger partial charge on any atom is -0.481 e. The summed E-state index contributed by atoms with van der Waals surface area (Å²) in [6, 6.07) is 4.20. The summed E-state index contributed by atoms with van der Waals surface area (Å²) >= 11 is 3.40. The van der Waals surface area contributed by atoms with Crippen LogP contribution in [0.5, 0.6) is 0 Å². The van der Waals surface area contributed by atoms with E-state index in [-0.39, 0.29) is 12.0 Å². The molecule has 3 rings (SSSR count). The van der Waals surface area contributed by atoms with Gasteiger partial charge in [0.2, 0.25) is 0 Å². The first-order chi connectivity index (χ1) is 10.1. The number of likely N-dealkylation sites (tertiary alicyclic amines) is 1. The molecule has 1 N–H and O–H groups in total. The molecule has 6 heteroatoms. The van der Waals surface area contributed by atoms with Crippen molar-refractivity contribution in [3.05, 3.63) is 28.6 Å². The zero-order chi connectivity index (χ0) is 14.8. The van der Waals surface area contributed by atoms with Gasteiger partial charge in [0.1, 0.15) is 5.01 Å². The number of hydrogen-bond donors (Lipinski definition) is 1. The van der Waals surface area contributed by atoms with E-state index in [0.29, 0.717) is 0 Å². The number of carboxylic acid groups (broad SMARTS) is 1. The Kier molecular flexibility index (Phi) is 4.37. The molecule has 0 radical (unpaired) electrons. The van der Waals surface area contributed by atoms with E-state index in [4.69, 9.17) is 0 Å². The predicted octanol–water partition coefficient (Wildman–Crippen LogP) is 3.56. The number of carboxylic acids is 1. The predicted molar refractivity (Wildman–Crippen MR) is 85.7 cm³/mol. The van der Waals surface area contributed by atoms with Crippen LogP contribution < -0.4 is 0 Å². The van der Waals surface area contributed by atoms with Crippen LogP contribution in [0.25, 0.3) is 9.88 Å². The van der Waals surface area contributed by atoms with E-state index < -0.39 is 5.97 Å². The minimum atomic E-state index is -0.671. The second-order valence-corrected chi connectivity index (χ2v) is 7.47. The molecule has 1 saturated heterocycles. The summed E-state index contributed by atoms with van der Waals surface area (Å²) in [6.07, 6.45) is 3.67. The van der Waals surface area contributed by atoms with Gasteiger partial charge in [-0.3, -0.25) is 9.69 Å². The average Bonchev–Trinajstić information content (AvgIpc) is 3.11. The normalized spacial score (nSPS) is 23.3. The molecule has 112 valence electrons. The van der Waals surface area contributed by atoms with E-state index >= 15 is 0 Å². The van der Waals surface area contributed by atoms with Crippen LogP contribution in [0.15, 0.2) is 23.7 Å². The number of nitrogens with zero attached hydrogens (tertiary/aromatic N) is 2. The summed E-state index contributed by atoms with van der Waals surface area (Å²) in [5, 5.41) is 12.4. The third-order valence-corrected chi connectivity index (χ3v) is 6.10. The van der Waals surface area contributed by atoms with Crippen LogP contribution in [0.4, 0.5) is 0 Å². The summed E-state index contributed by atoms with van der Waals surface area (Å²) in [5.41, 5.74) is 0. The van der Waals surface area contributed by atoms with Gasteiger partial charge in [-0.1, -0.05) is 6.07 Å². The molecule has 0 aromatic carbocycles. The van der Waals surface area contributed by atoms with E-state index in [0.717, 1.165) is 30.9 Å². The van der Waals surface area contributed by atoms with Crippen molar-refractivity contribution < 1.29 is 9.90 Å². The molecular formula is C15H18N2O2S2. The molecular weight excluding hydrogens is 304 g/mol. The summed E-state index contributed by atoms with van der Waals surface area (Å²) in [7, 11) is 0. The van der Waals surface area contributed by atoms with Gasteiger partial charge >= 0.3 is 5.97 Å². The molecule has 0 aliphatic carbocycles. The summed E-state index contributed by atoms with van der Waals surface area (Å²) in [4.78, 5) is 20.4. The maximum Gasteiger partial charge on any atom is 0.308 e. The summed E-state index contributed by atoms with van der Waals surface area (Å²) < 4.78 is 0. The Hall–Kier alpha value is -1.24. The van der Waals surface area contributed by atoms with Gasteiger partial charge in [-0.15, -0.1) is 22.7 Å². The van der Waals surface area contributed by atoms with Gasteiger partial charge in [-0.2, -0.15) is 0 Å². The zero-order valence-corrected chi connectivity index (χ0v) is 13.5. The smallest absolute Gasteiger partial charge is 0.308 e. The first-order valence-corrected chi connectivity index (χ1v) is 8.80. The Morgan fingerprint density at radius 2 is 2.43 bits per heavy atom. The number of carbonyl (C=O) groups is 1. The van der Waals surface area contributed by atoms with Crippen molar-refractivity contribution in [3.8, 4) is 9.88 Å². The number of thiophene rings is 1. The number of hydrogen-bond acceptors (Lipinski definition) is 5. The molecule has 0 bridgehead atoms. The van der Waals surface area contributed by atoms with Crippen LogP contribution in [-0.4, -0.2) is 33.5 Å². The van der Waals surface area contributed by atoms with Crippen molar-refractivity contribution in [2.75, 3.05) is 6.54 Å². The average molecular weight is 322 g/mol. The zero-order valence-electron chi connectivity index (χ0n) is 11.9. The molecule has 2 aromatic rings. The van der Waals surface area contributed by atoms with Gasteiger partial charge in [0.15, 0.2) is 0 Å². The van der Waals surface area contributed by atoms with E-state index in [1.54, 1.807) is 22.7 Å². The lowest BCUT2D eigenvalue weighted by atomic mass is 9.90. The Morgan fingerprint density at radius 3 is 3.14 bits per heavy atom. The first-order valence-electron chi connectivity index (χ1n) is 7.10. The third-order valence-electron chi connectivity index (χ3n) is 4.08. The lowest BCUT2D eigenvalue weighted by molar-refractivity contribution is -0.145. The van der Waals surface area contributed by atoms with Crippen molar-refractivity contribution in [1.82, 2.24) is 9.88 Å². The fraction of sp³-hybridized carbons (Fsp3) is 0.467. The highest BCUT2D eigenvalue weighted by atomic mass is 32.1. The number of aromatic nitrogens is 1. The van der Waals surface area contributed by atoms with Crippen LogP contribution in [0.3, 0.4) is 0 Å². The highest BCUT2D eigenvalue weighted by molar-refractivity contribution is 7.20. The van der Waals surface area contributed by atoms with Crippen molar-refractivity contribution in [2.45, 2.75) is 32.4 Å². The van der Waals surface area contributed by atoms with Gasteiger partial charge in [-0.25, -0.2) is 4.98 Å². The Labute approximate surface area is 132 Å². The largest absolute Gasteiger partial charge is 0.481 e. The van der Waals surface area contributed by atoms with Gasteiger partial charge < -0.3 is 5.11 Å². The van der Waals surface area contributed by atoms with E-state index in [9.17, 15) is 9.90 Å². The van der Waals surface area contributed by atoms with Crippen LogP contribution in [0.1, 0.15) is 24.6 Å². The minimum absolute atomic E-state index is 0.0866. The van der Waals surface area contributed by atoms with Gasteiger partial charge in [0, 0.05) is 23.7 Å². The molecule has 1 aliphatic rings. The number of aliphatic carboxylic acids is 1. The summed E-state index contributed by atoms with van der Waals surface area (Å²) in [6.45, 7) is 3.80. The topological polar surface area (TPSA) is 53.4 Å². The maximum absolute atomic E-state index is 11.3. The Bertz CT molecular complexity index is 609. The van der Waals surface area contributed by atoms with Gasteiger partial charge in [0.05, 0.1) is 10.8 Å². The van der Waals surface area contributed by atoms with Gasteiger partial charge in [0.25, 0.3) is 0 Å². The lowest BCUT2D eigenvalue weighted by Gasteiger charge is -2.37. The lowest BCUT2D eigenvalue weighted by Crippen LogP contribution is -2.45. The molecule has 1 aliphatic heterocycles. The first kappa shape index (κ1) is 14.7. The number of piperidine rings is 1. The Balaban J connectivity index is 1.70. The fourth-order valence-electron chi connectivity index (χ4n) is 2.86. The van der Waals surface area contributed by atoms with Crippen LogP contribution in [0.2, 0.25) is 0 Å². The van der Waals surface area contributed by atoms with Crippen LogP contribution >= 0.6 is 22.7 Å². The van der Waals surface area contributed by atoms with Gasteiger partial charge in [-0.05, 0) is 37.8 Å². The monoisotopic (exact) mass is 322 g/mol. The molecule has 0 amide bonds. The molecule has 1 fully saturated rings. The molecule has 0 spiro atoms. The van der Waals surface area contributed by atoms with E-state index in [1.807, 2.05) is 19.2 Å². The van der Waals surface area contributed by atoms with E-state index in [2.05, 4.69) is 21.3 Å². The fourth-order valence-corrected chi connectivity index (χ4v) is 4.60. The molecule has 3 heterocycles. The molecule has 2 atom stereocenters. The number of rotatable bonds is 4. The molecule has 0 saturated carbocycles. The van der Waals surface area contributed by atoms with Crippen LogP contribution in [-0.2, 0) is 11.3 Å². The maximum atomic E-state index is 11.3.